The van der Waals surface area contributed by atoms with E-state index in [9.17, 15) is 27.5 Å². The van der Waals surface area contributed by atoms with Gasteiger partial charge in [0.1, 0.15) is 17.1 Å². The summed E-state index contributed by atoms with van der Waals surface area (Å²) in [6, 6.07) is 3.64. The fourth-order valence-corrected chi connectivity index (χ4v) is 3.88. The molecule has 176 valence electrons. The Morgan fingerprint density at radius 3 is 2.70 bits per heavy atom. The number of hydrogen-bond acceptors (Lipinski definition) is 5. The van der Waals surface area contributed by atoms with E-state index in [1.54, 1.807) is 0 Å². The summed E-state index contributed by atoms with van der Waals surface area (Å²) in [4.78, 5) is 13.1. The third kappa shape index (κ3) is 4.47. The number of carbonyl (C=O) groups is 1. The molecule has 1 aliphatic carbocycles. The minimum Gasteiger partial charge on any atom is -0.391 e. The predicted molar refractivity (Wildman–Crippen MR) is 110 cm³/mol. The van der Waals surface area contributed by atoms with Gasteiger partial charge in [0, 0.05) is 6.04 Å². The number of aliphatic hydroxyl groups is 1. The largest absolute Gasteiger partial charge is 0.433 e. The topological polar surface area (TPSA) is 93.2 Å². The lowest BCUT2D eigenvalue weighted by Crippen LogP contribution is -2.39. The van der Waals surface area contributed by atoms with E-state index in [0.717, 1.165) is 18.7 Å². The lowest BCUT2D eigenvalue weighted by atomic mass is 9.92. The molecule has 33 heavy (non-hydrogen) atoms. The van der Waals surface area contributed by atoms with Crippen molar-refractivity contribution >= 4 is 17.5 Å². The molecule has 4 rings (SSSR count). The molecule has 0 bridgehead atoms. The summed E-state index contributed by atoms with van der Waals surface area (Å²) in [6.07, 6.45) is -2.82. The molecule has 0 saturated heterocycles. The van der Waals surface area contributed by atoms with Gasteiger partial charge < -0.3 is 14.9 Å². The van der Waals surface area contributed by atoms with Gasteiger partial charge in [-0.15, -0.1) is 0 Å². The van der Waals surface area contributed by atoms with E-state index in [2.05, 4.69) is 15.6 Å². The molecule has 2 N–H and O–H groups in total. The Kier molecular flexibility index (Phi) is 6.19. The first-order valence-electron chi connectivity index (χ1n) is 10.1. The highest BCUT2D eigenvalue weighted by Gasteiger charge is 2.42. The van der Waals surface area contributed by atoms with Crippen LogP contribution in [0, 0.1) is 5.82 Å². The number of alkyl halides is 3. The molecule has 0 radical (unpaired) electrons. The molecule has 1 aliphatic rings. The average Bonchev–Trinajstić information content (AvgIpc) is 3.28. The number of amides is 1. The molecule has 1 aromatic carbocycles. The second-order valence-corrected chi connectivity index (χ2v) is 8.28. The maximum absolute atomic E-state index is 14.6. The second kappa shape index (κ2) is 8.79. The molecule has 3 aromatic rings. The van der Waals surface area contributed by atoms with Gasteiger partial charge in [0.15, 0.2) is 11.5 Å². The van der Waals surface area contributed by atoms with Crippen LogP contribution in [0.5, 0.6) is 0 Å². The standard InChI is InChI=1S/C21H19ClF4N4O3/c1-10(31)9-30-19(21(24,25)26)12(8-27-30)18-16(20(32)28-11-4-2-5-11)17(29-33-18)15-13(22)6-3-7-14(15)23/h3,6-8,10-11,31H,2,4-5,9H2,1H3,(H,28,32)/t10-/m1/s1. The summed E-state index contributed by atoms with van der Waals surface area (Å²) in [5, 5.41) is 19.7. The number of benzene rings is 1. The molecule has 1 fully saturated rings. The highest BCUT2D eigenvalue weighted by Crippen LogP contribution is 2.42. The van der Waals surface area contributed by atoms with E-state index < -0.39 is 47.6 Å². The first-order valence-corrected chi connectivity index (χ1v) is 10.5. The van der Waals surface area contributed by atoms with Crippen LogP contribution in [0.3, 0.4) is 0 Å². The molecule has 0 aliphatic heterocycles. The van der Waals surface area contributed by atoms with Gasteiger partial charge in [-0.25, -0.2) is 4.39 Å². The lowest BCUT2D eigenvalue weighted by molar-refractivity contribution is -0.144. The van der Waals surface area contributed by atoms with E-state index in [1.165, 1.54) is 19.1 Å². The SMILES string of the molecule is C[C@@H](O)Cn1ncc(-c2onc(-c3c(F)cccc3Cl)c2C(=O)NC2CCC2)c1C(F)(F)F. The first kappa shape index (κ1) is 23.2. The van der Waals surface area contributed by atoms with Crippen molar-refractivity contribution in [3.8, 4) is 22.6 Å². The van der Waals surface area contributed by atoms with Crippen molar-refractivity contribution in [2.75, 3.05) is 0 Å². The van der Waals surface area contributed by atoms with Crippen LogP contribution in [0.4, 0.5) is 17.6 Å². The Bertz CT molecular complexity index is 1160. The minimum atomic E-state index is -4.90. The first-order chi connectivity index (χ1) is 15.6. The Hall–Kier alpha value is -2.92. The molecule has 7 nitrogen and oxygen atoms in total. The molecule has 1 amide bonds. The Morgan fingerprint density at radius 2 is 2.12 bits per heavy atom. The number of aromatic nitrogens is 3. The van der Waals surface area contributed by atoms with Crippen molar-refractivity contribution in [2.24, 2.45) is 0 Å². The monoisotopic (exact) mass is 486 g/mol. The van der Waals surface area contributed by atoms with Crippen LogP contribution in [-0.2, 0) is 12.7 Å². The lowest BCUT2D eigenvalue weighted by Gasteiger charge is -2.26. The molecule has 2 aromatic heterocycles. The smallest absolute Gasteiger partial charge is 0.391 e. The van der Waals surface area contributed by atoms with E-state index in [-0.39, 0.29) is 27.9 Å². The van der Waals surface area contributed by atoms with Crippen LogP contribution in [0.2, 0.25) is 5.02 Å². The van der Waals surface area contributed by atoms with Crippen LogP contribution in [-0.4, -0.2) is 38.1 Å². The van der Waals surface area contributed by atoms with Gasteiger partial charge in [-0.2, -0.15) is 18.3 Å². The summed E-state index contributed by atoms with van der Waals surface area (Å²) < 4.78 is 62.3. The second-order valence-electron chi connectivity index (χ2n) is 7.87. The summed E-state index contributed by atoms with van der Waals surface area (Å²) in [7, 11) is 0. The van der Waals surface area contributed by atoms with Gasteiger partial charge in [-0.3, -0.25) is 9.48 Å². The van der Waals surface area contributed by atoms with Crippen LogP contribution < -0.4 is 5.32 Å². The summed E-state index contributed by atoms with van der Waals surface area (Å²) in [5.41, 5.74) is -2.76. The molecule has 0 spiro atoms. The number of rotatable bonds is 6. The fourth-order valence-electron chi connectivity index (χ4n) is 3.63. The van der Waals surface area contributed by atoms with Gasteiger partial charge >= 0.3 is 6.18 Å². The van der Waals surface area contributed by atoms with E-state index >= 15 is 0 Å². The molecule has 1 saturated carbocycles. The number of nitrogens with one attached hydrogen (secondary N) is 1. The molecule has 12 heteroatoms. The summed E-state index contributed by atoms with van der Waals surface area (Å²) in [6.45, 7) is 0.865. The van der Waals surface area contributed by atoms with Crippen LogP contribution >= 0.6 is 11.6 Å². The third-order valence-corrected chi connectivity index (χ3v) is 5.66. The summed E-state index contributed by atoms with van der Waals surface area (Å²) in [5.74, 6) is -2.10. The molecule has 0 unspecified atom stereocenters. The quantitative estimate of drug-likeness (QED) is 0.493. The number of nitrogens with zero attached hydrogens (tertiary/aromatic N) is 3. The van der Waals surface area contributed by atoms with Crippen molar-refractivity contribution in [3.05, 3.63) is 46.5 Å². The number of hydrogen-bond donors (Lipinski definition) is 2. The molecule has 1 atom stereocenters. The Morgan fingerprint density at radius 1 is 1.39 bits per heavy atom. The van der Waals surface area contributed by atoms with Crippen molar-refractivity contribution in [1.82, 2.24) is 20.3 Å². The van der Waals surface area contributed by atoms with Gasteiger partial charge in [0.2, 0.25) is 0 Å². The van der Waals surface area contributed by atoms with Gasteiger partial charge in [0.05, 0.1) is 35.0 Å². The maximum Gasteiger partial charge on any atom is 0.433 e. The summed E-state index contributed by atoms with van der Waals surface area (Å²) >= 11 is 6.13. The van der Waals surface area contributed by atoms with E-state index in [0.29, 0.717) is 17.5 Å². The van der Waals surface area contributed by atoms with Crippen LogP contribution in [0.15, 0.2) is 28.9 Å². The maximum atomic E-state index is 14.6. The number of aliphatic hydroxyl groups excluding tert-OH is 1. The predicted octanol–water partition coefficient (Wildman–Crippen LogP) is 4.68. The number of carbonyl (C=O) groups excluding carboxylic acids is 1. The zero-order chi connectivity index (χ0) is 23.9. The van der Waals surface area contributed by atoms with Gasteiger partial charge in [-0.1, -0.05) is 22.8 Å². The van der Waals surface area contributed by atoms with Crippen molar-refractivity contribution in [2.45, 2.75) is 51.1 Å². The normalized spacial score (nSPS) is 15.4. The third-order valence-electron chi connectivity index (χ3n) is 5.35. The Labute approximate surface area is 190 Å². The Balaban J connectivity index is 1.92. The number of halogens is 5. The highest BCUT2D eigenvalue weighted by molar-refractivity contribution is 6.33. The molecular weight excluding hydrogens is 468 g/mol. The fraction of sp³-hybridized carbons (Fsp3) is 0.381. The molecular formula is C21H19ClF4N4O3. The van der Waals surface area contributed by atoms with Crippen LogP contribution in [0.25, 0.3) is 22.6 Å². The minimum absolute atomic E-state index is 0.0895. The van der Waals surface area contributed by atoms with Crippen LogP contribution in [0.1, 0.15) is 42.2 Å². The zero-order valence-corrected chi connectivity index (χ0v) is 18.0. The van der Waals surface area contributed by atoms with Crippen molar-refractivity contribution < 1.29 is 32.0 Å². The van der Waals surface area contributed by atoms with Crippen molar-refractivity contribution in [3.63, 3.8) is 0 Å². The van der Waals surface area contributed by atoms with Gasteiger partial charge in [-0.05, 0) is 38.3 Å². The average molecular weight is 487 g/mol. The zero-order valence-electron chi connectivity index (χ0n) is 17.3. The highest BCUT2D eigenvalue weighted by atomic mass is 35.5. The van der Waals surface area contributed by atoms with Crippen molar-refractivity contribution in [1.29, 1.82) is 0 Å². The molecule has 2 heterocycles. The van der Waals surface area contributed by atoms with E-state index in [4.69, 9.17) is 16.1 Å². The van der Waals surface area contributed by atoms with E-state index in [1.807, 2.05) is 0 Å². The van der Waals surface area contributed by atoms with Gasteiger partial charge in [0.25, 0.3) is 5.91 Å².